The van der Waals surface area contributed by atoms with Crippen LogP contribution in [-0.2, 0) is 13.6 Å². The summed E-state index contributed by atoms with van der Waals surface area (Å²) >= 11 is 0. The quantitative estimate of drug-likeness (QED) is 0.417. The highest BCUT2D eigenvalue weighted by molar-refractivity contribution is 5.84. The number of ether oxygens (including phenoxy) is 1. The van der Waals surface area contributed by atoms with E-state index in [4.69, 9.17) is 4.74 Å². The molecular weight excluding hydrogens is 428 g/mol. The van der Waals surface area contributed by atoms with Gasteiger partial charge in [-0.05, 0) is 48.5 Å². The van der Waals surface area contributed by atoms with E-state index in [2.05, 4.69) is 20.5 Å². The molecule has 0 bridgehead atoms. The summed E-state index contributed by atoms with van der Waals surface area (Å²) in [7, 11) is 1.71. The Balaban J connectivity index is 1.25. The number of anilines is 1. The summed E-state index contributed by atoms with van der Waals surface area (Å²) in [5.41, 5.74) is 2.43. The summed E-state index contributed by atoms with van der Waals surface area (Å²) in [6.45, 7) is 0.441. The van der Waals surface area contributed by atoms with E-state index >= 15 is 0 Å². The van der Waals surface area contributed by atoms with Crippen LogP contribution in [0.5, 0.6) is 11.5 Å². The van der Waals surface area contributed by atoms with Crippen molar-refractivity contribution < 1.29 is 4.74 Å². The molecule has 3 heterocycles. The lowest BCUT2D eigenvalue weighted by molar-refractivity contribution is 0.487. The molecule has 166 valence electrons. The van der Waals surface area contributed by atoms with Gasteiger partial charge in [0.2, 0.25) is 5.78 Å². The van der Waals surface area contributed by atoms with Crippen LogP contribution in [0.1, 0.15) is 5.82 Å². The van der Waals surface area contributed by atoms with Crippen LogP contribution in [-0.4, -0.2) is 24.1 Å². The molecule has 0 fully saturated rings. The Bertz CT molecular complexity index is 1710. The third-order valence-electron chi connectivity index (χ3n) is 5.82. The van der Waals surface area contributed by atoms with E-state index in [1.165, 1.54) is 4.57 Å². The number of rotatable bonds is 5. The van der Waals surface area contributed by atoms with Gasteiger partial charge < -0.3 is 10.1 Å². The molecule has 0 spiro atoms. The third kappa shape index (κ3) is 3.32. The Morgan fingerprint density at radius 2 is 1.74 bits per heavy atom. The van der Waals surface area contributed by atoms with Crippen molar-refractivity contribution in [3.8, 4) is 11.5 Å². The number of hydrogen-bond acceptors (Lipinski definition) is 6. The fraction of sp³-hybridized carbons (Fsp3) is 0.0769. The fourth-order valence-corrected chi connectivity index (χ4v) is 4.11. The number of para-hydroxylation sites is 2. The number of nitrogens with zero attached hydrogens (tertiary/aromatic N) is 5. The Morgan fingerprint density at radius 3 is 2.62 bits per heavy atom. The molecule has 0 saturated heterocycles. The van der Waals surface area contributed by atoms with Crippen molar-refractivity contribution in [2.45, 2.75) is 6.54 Å². The van der Waals surface area contributed by atoms with Crippen molar-refractivity contribution in [1.82, 2.24) is 24.1 Å². The van der Waals surface area contributed by atoms with Crippen molar-refractivity contribution in [2.24, 2.45) is 7.05 Å². The first-order chi connectivity index (χ1) is 16.7. The number of benzene rings is 3. The predicted octanol–water partition coefficient (Wildman–Crippen LogP) is 4.53. The van der Waals surface area contributed by atoms with E-state index < -0.39 is 0 Å². The Kier molecular flexibility index (Phi) is 4.69. The summed E-state index contributed by atoms with van der Waals surface area (Å²) < 4.78 is 9.51. The van der Waals surface area contributed by atoms with Gasteiger partial charge >= 0.3 is 0 Å². The first-order valence-electron chi connectivity index (χ1n) is 10.9. The van der Waals surface area contributed by atoms with E-state index in [0.717, 1.165) is 27.9 Å². The second-order valence-corrected chi connectivity index (χ2v) is 7.94. The van der Waals surface area contributed by atoms with Crippen molar-refractivity contribution in [1.29, 1.82) is 0 Å². The highest BCUT2D eigenvalue weighted by Gasteiger charge is 2.14. The monoisotopic (exact) mass is 448 g/mol. The van der Waals surface area contributed by atoms with Crippen LogP contribution in [0.2, 0.25) is 0 Å². The minimum atomic E-state index is -0.0907. The Hall–Kier alpha value is -4.72. The van der Waals surface area contributed by atoms with Crippen LogP contribution in [0, 0.1) is 0 Å². The topological polar surface area (TPSA) is 86.3 Å². The molecule has 8 nitrogen and oxygen atoms in total. The zero-order valence-corrected chi connectivity index (χ0v) is 18.3. The second-order valence-electron chi connectivity index (χ2n) is 7.94. The van der Waals surface area contributed by atoms with E-state index in [9.17, 15) is 4.79 Å². The molecular formula is C26H20N6O2. The van der Waals surface area contributed by atoms with Gasteiger partial charge in [-0.25, -0.2) is 0 Å². The second kappa shape index (κ2) is 8.00. The molecule has 0 saturated carbocycles. The number of aromatic nitrogens is 5. The van der Waals surface area contributed by atoms with Gasteiger partial charge in [0, 0.05) is 24.3 Å². The SMILES string of the molecule is Cn1c(=O)c2ccccc2n2c(CNc3ccc(Oc4cccc5cccnc45)cc3)nnc12. The van der Waals surface area contributed by atoms with Crippen molar-refractivity contribution >= 4 is 33.3 Å². The van der Waals surface area contributed by atoms with E-state index in [1.54, 1.807) is 13.2 Å². The zero-order chi connectivity index (χ0) is 23.1. The minimum absolute atomic E-state index is 0.0907. The van der Waals surface area contributed by atoms with Crippen LogP contribution >= 0.6 is 0 Å². The number of hydrogen-bond donors (Lipinski definition) is 1. The summed E-state index contributed by atoms with van der Waals surface area (Å²) in [6, 6.07) is 25.0. The van der Waals surface area contributed by atoms with Crippen molar-refractivity contribution in [3.63, 3.8) is 0 Å². The Labute approximate surface area is 194 Å². The van der Waals surface area contributed by atoms with Gasteiger partial charge in [0.25, 0.3) is 5.56 Å². The molecule has 8 heteroatoms. The Morgan fingerprint density at radius 1 is 0.912 bits per heavy atom. The predicted molar refractivity (Wildman–Crippen MR) is 131 cm³/mol. The average molecular weight is 448 g/mol. The van der Waals surface area contributed by atoms with Gasteiger partial charge in [0.05, 0.1) is 17.4 Å². The van der Waals surface area contributed by atoms with Gasteiger partial charge in [-0.2, -0.15) is 0 Å². The summed E-state index contributed by atoms with van der Waals surface area (Å²) in [5.74, 6) is 2.65. The molecule has 0 unspecified atom stereocenters. The molecule has 0 amide bonds. The largest absolute Gasteiger partial charge is 0.455 e. The van der Waals surface area contributed by atoms with Crippen LogP contribution in [0.3, 0.4) is 0 Å². The molecule has 0 atom stereocenters. The highest BCUT2D eigenvalue weighted by Crippen LogP contribution is 2.29. The minimum Gasteiger partial charge on any atom is -0.455 e. The fourth-order valence-electron chi connectivity index (χ4n) is 4.11. The standard InChI is InChI=1S/C26H20N6O2/c1-31-25(33)20-8-2-3-9-21(20)32-23(29-30-26(31)32)16-28-18-11-13-19(14-12-18)34-22-10-4-6-17-7-5-15-27-24(17)22/h2-15,28H,16H2,1H3. The lowest BCUT2D eigenvalue weighted by Gasteiger charge is -2.11. The van der Waals surface area contributed by atoms with Gasteiger partial charge in [0.1, 0.15) is 11.3 Å². The number of pyridine rings is 1. The highest BCUT2D eigenvalue weighted by atomic mass is 16.5. The summed E-state index contributed by atoms with van der Waals surface area (Å²) in [5, 5.41) is 13.6. The molecule has 34 heavy (non-hydrogen) atoms. The first kappa shape index (κ1) is 19.9. The molecule has 1 N–H and O–H groups in total. The van der Waals surface area contributed by atoms with E-state index in [0.29, 0.717) is 29.3 Å². The molecule has 3 aromatic heterocycles. The normalized spacial score (nSPS) is 11.3. The number of aryl methyl sites for hydroxylation is 1. The smallest absolute Gasteiger partial charge is 0.262 e. The van der Waals surface area contributed by atoms with Gasteiger partial charge in [0.15, 0.2) is 11.6 Å². The average Bonchev–Trinajstić information content (AvgIpc) is 3.31. The maximum Gasteiger partial charge on any atom is 0.262 e. The number of fused-ring (bicyclic) bond motifs is 4. The molecule has 0 aliphatic carbocycles. The maximum atomic E-state index is 12.6. The summed E-state index contributed by atoms with van der Waals surface area (Å²) in [4.78, 5) is 17.1. The molecule has 0 aliphatic rings. The van der Waals surface area contributed by atoms with E-state index in [-0.39, 0.29) is 5.56 Å². The van der Waals surface area contributed by atoms with Gasteiger partial charge in [-0.3, -0.25) is 18.7 Å². The van der Waals surface area contributed by atoms with Gasteiger partial charge in [-0.1, -0.05) is 30.3 Å². The molecule has 6 aromatic rings. The lowest BCUT2D eigenvalue weighted by atomic mass is 10.2. The van der Waals surface area contributed by atoms with Crippen LogP contribution in [0.15, 0.2) is 89.9 Å². The van der Waals surface area contributed by atoms with Crippen LogP contribution in [0.4, 0.5) is 5.69 Å². The first-order valence-corrected chi connectivity index (χ1v) is 10.9. The molecule has 0 aliphatic heterocycles. The zero-order valence-electron chi connectivity index (χ0n) is 18.3. The summed E-state index contributed by atoms with van der Waals surface area (Å²) in [6.07, 6.45) is 1.76. The lowest BCUT2D eigenvalue weighted by Crippen LogP contribution is -2.20. The van der Waals surface area contributed by atoms with Crippen LogP contribution in [0.25, 0.3) is 27.6 Å². The van der Waals surface area contributed by atoms with Crippen molar-refractivity contribution in [3.05, 3.63) is 101 Å². The molecule has 3 aromatic carbocycles. The van der Waals surface area contributed by atoms with Crippen LogP contribution < -0.4 is 15.6 Å². The third-order valence-corrected chi connectivity index (χ3v) is 5.82. The molecule has 0 radical (unpaired) electrons. The number of nitrogens with one attached hydrogen (secondary N) is 1. The maximum absolute atomic E-state index is 12.6. The van der Waals surface area contributed by atoms with Crippen molar-refractivity contribution in [2.75, 3.05) is 5.32 Å². The van der Waals surface area contributed by atoms with Gasteiger partial charge in [-0.15, -0.1) is 10.2 Å². The molecule has 6 rings (SSSR count). The van der Waals surface area contributed by atoms with E-state index in [1.807, 2.05) is 83.3 Å².